The van der Waals surface area contributed by atoms with Crippen molar-refractivity contribution < 1.29 is 0 Å². The lowest BCUT2D eigenvalue weighted by Crippen LogP contribution is -2.36. The molecule has 1 N–H and O–H groups in total. The van der Waals surface area contributed by atoms with Crippen LogP contribution in [0.4, 0.5) is 0 Å². The van der Waals surface area contributed by atoms with E-state index in [0.29, 0.717) is 22.1 Å². The zero-order valence-electron chi connectivity index (χ0n) is 9.54. The minimum atomic E-state index is -0.547. The van der Waals surface area contributed by atoms with Crippen LogP contribution in [0.25, 0.3) is 5.69 Å². The van der Waals surface area contributed by atoms with Crippen molar-refractivity contribution in [1.29, 1.82) is 0 Å². The molecule has 2 rings (SSSR count). The number of rotatable bonds is 2. The molecule has 6 heteroatoms. The van der Waals surface area contributed by atoms with Crippen molar-refractivity contribution in [3.63, 3.8) is 0 Å². The molecule has 0 radical (unpaired) electrons. The molecule has 0 amide bonds. The Bertz CT molecular complexity index is 706. The highest BCUT2D eigenvalue weighted by molar-refractivity contribution is 9.10. The molecule has 94 valence electrons. The van der Waals surface area contributed by atoms with Gasteiger partial charge < -0.3 is 0 Å². The van der Waals surface area contributed by atoms with Crippen LogP contribution in [0.3, 0.4) is 0 Å². The van der Waals surface area contributed by atoms with Crippen LogP contribution in [0, 0.1) is 0 Å². The Morgan fingerprint density at radius 1 is 1.33 bits per heavy atom. The fraction of sp³-hybridized carbons (Fsp3) is 0.167. The van der Waals surface area contributed by atoms with E-state index in [1.165, 1.54) is 0 Å². The molecule has 0 saturated heterocycles. The normalized spacial score (nSPS) is 10.6. The van der Waals surface area contributed by atoms with Crippen LogP contribution in [0.5, 0.6) is 0 Å². The first-order valence-electron chi connectivity index (χ1n) is 5.35. The Balaban J connectivity index is 2.85. The van der Waals surface area contributed by atoms with Crippen molar-refractivity contribution in [2.45, 2.75) is 13.3 Å². The Morgan fingerprint density at radius 2 is 2.00 bits per heavy atom. The predicted molar refractivity (Wildman–Crippen MR) is 74.7 cm³/mol. The fourth-order valence-corrected chi connectivity index (χ4v) is 2.46. The van der Waals surface area contributed by atoms with E-state index in [1.807, 2.05) is 13.0 Å². The van der Waals surface area contributed by atoms with Gasteiger partial charge in [-0.15, -0.1) is 0 Å². The van der Waals surface area contributed by atoms with Crippen molar-refractivity contribution in [2.24, 2.45) is 0 Å². The molecule has 1 aromatic carbocycles. The van der Waals surface area contributed by atoms with E-state index in [0.717, 1.165) is 4.57 Å². The highest BCUT2D eigenvalue weighted by atomic mass is 79.9. The number of nitrogens with one attached hydrogen (secondary N) is 1. The molecular weight excluding hydrogens is 320 g/mol. The van der Waals surface area contributed by atoms with E-state index in [1.54, 1.807) is 18.2 Å². The minimum absolute atomic E-state index is 0.107. The third kappa shape index (κ3) is 2.15. The van der Waals surface area contributed by atoms with Gasteiger partial charge in [0.15, 0.2) is 0 Å². The summed E-state index contributed by atoms with van der Waals surface area (Å²) in [6.07, 6.45) is 0.457. The number of aromatic amines is 1. The van der Waals surface area contributed by atoms with Crippen LogP contribution in [-0.2, 0) is 6.42 Å². The second kappa shape index (κ2) is 5.12. The zero-order chi connectivity index (χ0) is 13.3. The van der Waals surface area contributed by atoms with Gasteiger partial charge in [-0.2, -0.15) is 0 Å². The molecule has 0 unspecified atom stereocenters. The van der Waals surface area contributed by atoms with Gasteiger partial charge in [0.05, 0.1) is 11.3 Å². The van der Waals surface area contributed by atoms with Gasteiger partial charge in [0.25, 0.3) is 5.56 Å². The largest absolute Gasteiger partial charge is 0.334 e. The van der Waals surface area contributed by atoms with E-state index in [4.69, 9.17) is 11.6 Å². The summed E-state index contributed by atoms with van der Waals surface area (Å²) >= 11 is 9.17. The molecule has 0 fully saturated rings. The van der Waals surface area contributed by atoms with Gasteiger partial charge in [0.1, 0.15) is 5.15 Å². The monoisotopic (exact) mass is 328 g/mol. The quantitative estimate of drug-likeness (QED) is 0.861. The molecule has 0 spiro atoms. The second-order valence-electron chi connectivity index (χ2n) is 3.67. The smallest absolute Gasteiger partial charge is 0.297 e. The average Bonchev–Trinajstić information content (AvgIpc) is 2.31. The maximum absolute atomic E-state index is 12.2. The zero-order valence-corrected chi connectivity index (χ0v) is 11.9. The molecule has 18 heavy (non-hydrogen) atoms. The number of nitrogens with zero attached hydrogens (tertiary/aromatic N) is 1. The van der Waals surface area contributed by atoms with E-state index < -0.39 is 11.2 Å². The number of hydrogen-bond acceptors (Lipinski definition) is 2. The van der Waals surface area contributed by atoms with E-state index in [-0.39, 0.29) is 5.15 Å². The lowest BCUT2D eigenvalue weighted by molar-refractivity contribution is 0.839. The molecule has 0 aliphatic rings. The van der Waals surface area contributed by atoms with Crippen LogP contribution >= 0.6 is 27.5 Å². The highest BCUT2D eigenvalue weighted by Gasteiger charge is 2.13. The molecule has 2 aromatic rings. The van der Waals surface area contributed by atoms with Crippen LogP contribution in [0.15, 0.2) is 38.3 Å². The fourth-order valence-electron chi connectivity index (χ4n) is 1.70. The first-order valence-corrected chi connectivity index (χ1v) is 6.52. The number of benzene rings is 1. The summed E-state index contributed by atoms with van der Waals surface area (Å²) < 4.78 is 1.75. The van der Waals surface area contributed by atoms with Gasteiger partial charge in [0, 0.05) is 4.47 Å². The summed E-state index contributed by atoms with van der Waals surface area (Å²) in [6, 6.07) is 7.02. The van der Waals surface area contributed by atoms with Gasteiger partial charge in [0.2, 0.25) is 0 Å². The number of para-hydroxylation sites is 1. The summed E-state index contributed by atoms with van der Waals surface area (Å²) in [6.45, 7) is 1.81. The van der Waals surface area contributed by atoms with Gasteiger partial charge in [-0.05, 0) is 34.5 Å². The van der Waals surface area contributed by atoms with Crippen LogP contribution in [0.1, 0.15) is 12.5 Å². The predicted octanol–water partition coefficient (Wildman–Crippen LogP) is 2.50. The number of aromatic nitrogens is 2. The van der Waals surface area contributed by atoms with Gasteiger partial charge >= 0.3 is 5.69 Å². The lowest BCUT2D eigenvalue weighted by Gasteiger charge is -2.09. The summed E-state index contributed by atoms with van der Waals surface area (Å²) in [4.78, 5) is 26.6. The third-order valence-corrected chi connectivity index (χ3v) is 3.59. The van der Waals surface area contributed by atoms with Crippen molar-refractivity contribution >= 4 is 27.5 Å². The van der Waals surface area contributed by atoms with Crippen LogP contribution < -0.4 is 11.2 Å². The molecule has 0 bridgehead atoms. The Kier molecular flexibility index (Phi) is 3.73. The van der Waals surface area contributed by atoms with Crippen molar-refractivity contribution in [3.05, 3.63) is 60.3 Å². The molecule has 0 saturated carbocycles. The lowest BCUT2D eigenvalue weighted by atomic mass is 10.2. The standard InChI is InChI=1S/C12H10BrClN2O2/c1-2-7-10(14)15-12(18)16(11(7)17)9-6-4-3-5-8(9)13/h3-6H,2H2,1H3,(H,15,18). The molecule has 4 nitrogen and oxygen atoms in total. The van der Waals surface area contributed by atoms with E-state index >= 15 is 0 Å². The summed E-state index contributed by atoms with van der Waals surface area (Å²) in [5.41, 5.74) is -0.0469. The first-order chi connectivity index (χ1) is 8.56. The molecular formula is C12H10BrClN2O2. The Labute approximate surface area is 116 Å². The van der Waals surface area contributed by atoms with Crippen molar-refractivity contribution in [3.8, 4) is 5.69 Å². The Hall–Kier alpha value is -1.33. The van der Waals surface area contributed by atoms with Crippen molar-refractivity contribution in [2.75, 3.05) is 0 Å². The van der Waals surface area contributed by atoms with E-state index in [2.05, 4.69) is 20.9 Å². The molecule has 1 heterocycles. The minimum Gasteiger partial charge on any atom is -0.297 e. The number of hydrogen-bond donors (Lipinski definition) is 1. The molecule has 1 aromatic heterocycles. The topological polar surface area (TPSA) is 54.9 Å². The first kappa shape index (κ1) is 13.1. The highest BCUT2D eigenvalue weighted by Crippen LogP contribution is 2.18. The third-order valence-electron chi connectivity index (χ3n) is 2.59. The summed E-state index contributed by atoms with van der Waals surface area (Å²) in [5, 5.41) is 0.107. The second-order valence-corrected chi connectivity index (χ2v) is 4.90. The average molecular weight is 330 g/mol. The van der Waals surface area contributed by atoms with Crippen LogP contribution in [-0.4, -0.2) is 9.55 Å². The summed E-state index contributed by atoms with van der Waals surface area (Å²) in [7, 11) is 0. The molecule has 0 aliphatic carbocycles. The van der Waals surface area contributed by atoms with Gasteiger partial charge in [-0.3, -0.25) is 9.78 Å². The maximum Gasteiger partial charge on any atom is 0.334 e. The SMILES string of the molecule is CCc1c(Cl)[nH]c(=O)n(-c2ccccc2Br)c1=O. The molecule has 0 atom stereocenters. The van der Waals surface area contributed by atoms with Crippen LogP contribution in [0.2, 0.25) is 5.15 Å². The maximum atomic E-state index is 12.2. The molecule has 0 aliphatic heterocycles. The number of H-pyrrole nitrogens is 1. The van der Waals surface area contributed by atoms with E-state index in [9.17, 15) is 9.59 Å². The van der Waals surface area contributed by atoms with Gasteiger partial charge in [-0.25, -0.2) is 9.36 Å². The van der Waals surface area contributed by atoms with Gasteiger partial charge in [-0.1, -0.05) is 30.7 Å². The van der Waals surface area contributed by atoms with Crippen molar-refractivity contribution in [1.82, 2.24) is 9.55 Å². The number of halogens is 2. The Morgan fingerprint density at radius 3 is 2.61 bits per heavy atom. The summed E-state index contributed by atoms with van der Waals surface area (Å²) in [5.74, 6) is 0.